The first-order chi connectivity index (χ1) is 14.4. The van der Waals surface area contributed by atoms with Crippen molar-refractivity contribution in [2.75, 3.05) is 26.8 Å². The van der Waals surface area contributed by atoms with Crippen LogP contribution >= 0.6 is 0 Å². The molecular weight excluding hydrogens is 386 g/mol. The Kier molecular flexibility index (Phi) is 6.82. The highest BCUT2D eigenvalue weighted by Crippen LogP contribution is 2.33. The summed E-state index contributed by atoms with van der Waals surface area (Å²) < 4.78 is 15.9. The quantitative estimate of drug-likeness (QED) is 0.698. The molecule has 1 aliphatic heterocycles. The Morgan fingerprint density at radius 2 is 2.03 bits per heavy atom. The normalized spacial score (nSPS) is 15.9. The van der Waals surface area contributed by atoms with Crippen LogP contribution in [0, 0.1) is 6.92 Å². The van der Waals surface area contributed by atoms with Gasteiger partial charge in [-0.05, 0) is 42.5 Å². The number of nitrogens with zero attached hydrogens (tertiary/aromatic N) is 1. The Balaban J connectivity index is 1.61. The van der Waals surface area contributed by atoms with Crippen LogP contribution in [0.2, 0.25) is 0 Å². The molecular formula is C23H27NO6. The SMILES string of the molecule is COC(=O)C1COc2cc(CCN(CC(C)c3cccc(C)c3)C(=O)O)ccc2O1. The third-order valence-electron chi connectivity index (χ3n) is 5.18. The molecule has 2 atom stereocenters. The van der Waals surface area contributed by atoms with E-state index in [4.69, 9.17) is 9.47 Å². The molecule has 2 aromatic carbocycles. The van der Waals surface area contributed by atoms with E-state index in [9.17, 15) is 14.7 Å². The molecule has 1 heterocycles. The maximum Gasteiger partial charge on any atom is 0.407 e. The zero-order valence-corrected chi connectivity index (χ0v) is 17.5. The van der Waals surface area contributed by atoms with Crippen LogP contribution in [0.25, 0.3) is 0 Å². The monoisotopic (exact) mass is 413 g/mol. The molecule has 0 saturated heterocycles. The van der Waals surface area contributed by atoms with Crippen molar-refractivity contribution in [1.29, 1.82) is 0 Å². The summed E-state index contributed by atoms with van der Waals surface area (Å²) in [6.07, 6.45) is -1.17. The number of fused-ring (bicyclic) bond motifs is 1. The number of benzene rings is 2. The minimum Gasteiger partial charge on any atom is -0.485 e. The molecule has 0 aliphatic carbocycles. The van der Waals surface area contributed by atoms with Crippen LogP contribution in [0.3, 0.4) is 0 Å². The van der Waals surface area contributed by atoms with Crippen LogP contribution in [0.15, 0.2) is 42.5 Å². The van der Waals surface area contributed by atoms with Gasteiger partial charge in [-0.25, -0.2) is 9.59 Å². The van der Waals surface area contributed by atoms with Gasteiger partial charge in [-0.1, -0.05) is 42.8 Å². The maximum absolute atomic E-state index is 11.8. The molecule has 30 heavy (non-hydrogen) atoms. The predicted molar refractivity (Wildman–Crippen MR) is 111 cm³/mol. The first-order valence-corrected chi connectivity index (χ1v) is 9.92. The third kappa shape index (κ3) is 5.23. The highest BCUT2D eigenvalue weighted by atomic mass is 16.6. The van der Waals surface area contributed by atoms with Gasteiger partial charge in [0.15, 0.2) is 11.5 Å². The average molecular weight is 413 g/mol. The standard InChI is InChI=1S/C23H27NO6/c1-15-5-4-6-18(11-15)16(2)13-24(23(26)27)10-9-17-7-8-19-20(12-17)29-14-21(30-19)22(25)28-3/h4-8,11-12,16,21H,9-10,13-14H2,1-3H3,(H,26,27). The van der Waals surface area contributed by atoms with Crippen molar-refractivity contribution < 1.29 is 28.9 Å². The van der Waals surface area contributed by atoms with Crippen molar-refractivity contribution >= 4 is 12.1 Å². The molecule has 3 rings (SSSR count). The minimum absolute atomic E-state index is 0.0817. The summed E-state index contributed by atoms with van der Waals surface area (Å²) in [6, 6.07) is 13.6. The number of carbonyl (C=O) groups excluding carboxylic acids is 1. The Bertz CT molecular complexity index is 912. The van der Waals surface area contributed by atoms with Gasteiger partial charge in [0.05, 0.1) is 7.11 Å². The van der Waals surface area contributed by atoms with Gasteiger partial charge in [-0.15, -0.1) is 0 Å². The summed E-state index contributed by atoms with van der Waals surface area (Å²) in [6.45, 7) is 4.94. The molecule has 160 valence electrons. The molecule has 0 aromatic heterocycles. The van der Waals surface area contributed by atoms with Gasteiger partial charge >= 0.3 is 12.1 Å². The molecule has 0 fully saturated rings. The Hall–Kier alpha value is -3.22. The zero-order chi connectivity index (χ0) is 21.7. The van der Waals surface area contributed by atoms with Crippen LogP contribution in [-0.4, -0.2) is 55.0 Å². The van der Waals surface area contributed by atoms with Crippen molar-refractivity contribution in [3.63, 3.8) is 0 Å². The maximum atomic E-state index is 11.8. The van der Waals surface area contributed by atoms with E-state index in [1.54, 1.807) is 6.07 Å². The second-order valence-corrected chi connectivity index (χ2v) is 7.52. The highest BCUT2D eigenvalue weighted by Gasteiger charge is 2.28. The lowest BCUT2D eigenvalue weighted by atomic mass is 9.99. The van der Waals surface area contributed by atoms with E-state index in [1.165, 1.54) is 12.0 Å². The lowest BCUT2D eigenvalue weighted by molar-refractivity contribution is -0.151. The fourth-order valence-corrected chi connectivity index (χ4v) is 3.46. The van der Waals surface area contributed by atoms with Gasteiger partial charge in [-0.2, -0.15) is 0 Å². The topological polar surface area (TPSA) is 85.3 Å². The summed E-state index contributed by atoms with van der Waals surface area (Å²) >= 11 is 0. The predicted octanol–water partition coefficient (Wildman–Crippen LogP) is 3.63. The van der Waals surface area contributed by atoms with Crippen LogP contribution in [-0.2, 0) is 16.0 Å². The van der Waals surface area contributed by atoms with E-state index >= 15 is 0 Å². The van der Waals surface area contributed by atoms with Crippen molar-refractivity contribution in [2.45, 2.75) is 32.3 Å². The summed E-state index contributed by atoms with van der Waals surface area (Å²) in [7, 11) is 1.30. The molecule has 1 N–H and O–H groups in total. The Morgan fingerprint density at radius 3 is 2.73 bits per heavy atom. The second kappa shape index (κ2) is 9.52. The number of hydrogen-bond acceptors (Lipinski definition) is 5. The molecule has 0 radical (unpaired) electrons. The van der Waals surface area contributed by atoms with E-state index in [1.807, 2.05) is 44.2 Å². The molecule has 2 aromatic rings. The number of carboxylic acid groups (broad SMARTS) is 1. The molecule has 0 bridgehead atoms. The van der Waals surface area contributed by atoms with Crippen molar-refractivity contribution in [3.05, 3.63) is 59.2 Å². The molecule has 7 nitrogen and oxygen atoms in total. The largest absolute Gasteiger partial charge is 0.485 e. The van der Waals surface area contributed by atoms with Crippen LogP contribution in [0.1, 0.15) is 29.5 Å². The molecule has 0 saturated carbocycles. The average Bonchev–Trinajstić information content (AvgIpc) is 2.75. The molecule has 0 spiro atoms. The smallest absolute Gasteiger partial charge is 0.407 e. The van der Waals surface area contributed by atoms with Crippen LogP contribution in [0.4, 0.5) is 4.79 Å². The van der Waals surface area contributed by atoms with E-state index in [2.05, 4.69) is 10.8 Å². The summed E-state index contributed by atoms with van der Waals surface area (Å²) in [5.41, 5.74) is 3.22. The summed E-state index contributed by atoms with van der Waals surface area (Å²) in [5.74, 6) is 0.632. The van der Waals surface area contributed by atoms with Gasteiger partial charge in [0.25, 0.3) is 0 Å². The van der Waals surface area contributed by atoms with E-state index in [-0.39, 0.29) is 12.5 Å². The number of methoxy groups -OCH3 is 1. The van der Waals surface area contributed by atoms with Crippen molar-refractivity contribution in [3.8, 4) is 11.5 Å². The molecule has 7 heteroatoms. The Morgan fingerprint density at radius 1 is 1.23 bits per heavy atom. The Labute approximate surface area is 176 Å². The van der Waals surface area contributed by atoms with Gasteiger partial charge in [-0.3, -0.25) is 0 Å². The number of hydrogen-bond donors (Lipinski definition) is 1. The first kappa shape index (κ1) is 21.5. The van der Waals surface area contributed by atoms with E-state index in [0.717, 1.165) is 16.7 Å². The highest BCUT2D eigenvalue weighted by molar-refractivity contribution is 5.75. The van der Waals surface area contributed by atoms with Gasteiger partial charge in [0.1, 0.15) is 6.61 Å². The zero-order valence-electron chi connectivity index (χ0n) is 17.5. The molecule has 1 aliphatic rings. The number of esters is 1. The lowest BCUT2D eigenvalue weighted by Gasteiger charge is -2.26. The van der Waals surface area contributed by atoms with E-state index in [0.29, 0.717) is 31.0 Å². The minimum atomic E-state index is -0.937. The van der Waals surface area contributed by atoms with Crippen molar-refractivity contribution in [1.82, 2.24) is 4.90 Å². The van der Waals surface area contributed by atoms with Gasteiger partial charge in [0.2, 0.25) is 6.10 Å². The van der Waals surface area contributed by atoms with E-state index < -0.39 is 18.2 Å². The second-order valence-electron chi connectivity index (χ2n) is 7.52. The fraction of sp³-hybridized carbons (Fsp3) is 0.391. The number of rotatable bonds is 7. The van der Waals surface area contributed by atoms with Crippen LogP contribution in [0.5, 0.6) is 11.5 Å². The molecule has 1 amide bonds. The first-order valence-electron chi connectivity index (χ1n) is 9.92. The molecule has 2 unspecified atom stereocenters. The third-order valence-corrected chi connectivity index (χ3v) is 5.18. The number of amides is 1. The lowest BCUT2D eigenvalue weighted by Crippen LogP contribution is -2.37. The number of ether oxygens (including phenoxy) is 3. The van der Waals surface area contributed by atoms with Crippen molar-refractivity contribution in [2.24, 2.45) is 0 Å². The van der Waals surface area contributed by atoms with Gasteiger partial charge in [0, 0.05) is 13.1 Å². The summed E-state index contributed by atoms with van der Waals surface area (Å²) in [4.78, 5) is 24.8. The fourth-order valence-electron chi connectivity index (χ4n) is 3.46. The van der Waals surface area contributed by atoms with Gasteiger partial charge < -0.3 is 24.2 Å². The van der Waals surface area contributed by atoms with Crippen LogP contribution < -0.4 is 9.47 Å². The number of aryl methyl sites for hydroxylation is 1. The summed E-state index contributed by atoms with van der Waals surface area (Å²) in [5, 5.41) is 9.64. The number of carbonyl (C=O) groups is 2.